The number of aromatic nitrogens is 2. The largest absolute Gasteiger partial charge is 0.346 e. The molecule has 2 aromatic rings. The fourth-order valence-corrected chi connectivity index (χ4v) is 4.04. The van der Waals surface area contributed by atoms with Gasteiger partial charge in [0.2, 0.25) is 0 Å². The topological polar surface area (TPSA) is 59.0 Å². The summed E-state index contributed by atoms with van der Waals surface area (Å²) in [6.45, 7) is 6.17. The zero-order valence-electron chi connectivity index (χ0n) is 15.4. The molecule has 0 radical (unpaired) electrons. The van der Waals surface area contributed by atoms with Crippen LogP contribution in [0.4, 0.5) is 0 Å². The predicted molar refractivity (Wildman–Crippen MR) is 105 cm³/mol. The van der Waals surface area contributed by atoms with Crippen LogP contribution in [0.2, 0.25) is 0 Å². The van der Waals surface area contributed by atoms with Crippen molar-refractivity contribution < 1.29 is 4.79 Å². The van der Waals surface area contributed by atoms with Crippen molar-refractivity contribution in [1.29, 1.82) is 0 Å². The molecule has 4 rings (SSSR count). The molecule has 1 aromatic carbocycles. The van der Waals surface area contributed by atoms with E-state index in [-0.39, 0.29) is 24.4 Å². The summed E-state index contributed by atoms with van der Waals surface area (Å²) in [5.74, 6) is 0.475. The Hall–Kier alpha value is -1.85. The van der Waals surface area contributed by atoms with Crippen LogP contribution in [0.15, 0.2) is 24.3 Å². The number of hydrogen-bond acceptors (Lipinski definition) is 3. The van der Waals surface area contributed by atoms with Crippen LogP contribution in [0.3, 0.4) is 0 Å². The van der Waals surface area contributed by atoms with Gasteiger partial charge in [-0.2, -0.15) is 5.10 Å². The van der Waals surface area contributed by atoms with Gasteiger partial charge in [0.05, 0.1) is 5.69 Å². The van der Waals surface area contributed by atoms with Crippen molar-refractivity contribution in [1.82, 2.24) is 20.4 Å². The molecule has 2 aliphatic rings. The van der Waals surface area contributed by atoms with Crippen molar-refractivity contribution in [3.05, 3.63) is 46.8 Å². The molecule has 0 bridgehead atoms. The van der Waals surface area contributed by atoms with Crippen LogP contribution < -0.4 is 10.6 Å². The second-order valence-corrected chi connectivity index (χ2v) is 7.38. The molecule has 140 valence electrons. The summed E-state index contributed by atoms with van der Waals surface area (Å²) < 4.78 is 2.00. The summed E-state index contributed by atoms with van der Waals surface area (Å²) in [5, 5.41) is 11.3. The highest BCUT2D eigenvalue weighted by molar-refractivity contribution is 5.94. The second-order valence-electron chi connectivity index (χ2n) is 7.38. The number of nitrogens with zero attached hydrogens (tertiary/aromatic N) is 2. The van der Waals surface area contributed by atoms with Crippen LogP contribution >= 0.6 is 12.4 Å². The van der Waals surface area contributed by atoms with E-state index in [1.807, 2.05) is 16.8 Å². The van der Waals surface area contributed by atoms with E-state index in [2.05, 4.69) is 36.6 Å². The number of piperidine rings is 1. The van der Waals surface area contributed by atoms with Gasteiger partial charge in [0.1, 0.15) is 0 Å². The maximum absolute atomic E-state index is 12.9. The summed E-state index contributed by atoms with van der Waals surface area (Å²) in [4.78, 5) is 12.9. The number of hydrogen-bond donors (Lipinski definition) is 2. The molecule has 1 fully saturated rings. The first-order valence-electron chi connectivity index (χ1n) is 9.33. The average molecular weight is 375 g/mol. The number of para-hydroxylation sites is 1. The van der Waals surface area contributed by atoms with Crippen molar-refractivity contribution in [2.45, 2.75) is 45.6 Å². The maximum Gasteiger partial charge on any atom is 0.272 e. The van der Waals surface area contributed by atoms with Crippen LogP contribution in [0.25, 0.3) is 5.69 Å². The fraction of sp³-hybridized carbons (Fsp3) is 0.500. The quantitative estimate of drug-likeness (QED) is 0.868. The van der Waals surface area contributed by atoms with E-state index in [1.54, 1.807) is 0 Å². The third kappa shape index (κ3) is 3.38. The summed E-state index contributed by atoms with van der Waals surface area (Å²) in [6, 6.07) is 8.42. The molecule has 2 atom stereocenters. The zero-order valence-corrected chi connectivity index (χ0v) is 16.2. The van der Waals surface area contributed by atoms with Crippen LogP contribution in [0.1, 0.15) is 47.1 Å². The molecule has 0 spiro atoms. The first-order chi connectivity index (χ1) is 12.1. The Balaban J connectivity index is 0.00000196. The predicted octanol–water partition coefficient (Wildman–Crippen LogP) is 2.82. The number of aryl methyl sites for hydroxylation is 1. The van der Waals surface area contributed by atoms with E-state index in [9.17, 15) is 4.79 Å². The van der Waals surface area contributed by atoms with E-state index < -0.39 is 0 Å². The Labute approximate surface area is 161 Å². The second kappa shape index (κ2) is 7.80. The van der Waals surface area contributed by atoms with E-state index >= 15 is 0 Å². The number of amides is 1. The van der Waals surface area contributed by atoms with Gasteiger partial charge in [-0.25, -0.2) is 4.68 Å². The van der Waals surface area contributed by atoms with E-state index in [0.717, 1.165) is 50.0 Å². The van der Waals surface area contributed by atoms with Crippen molar-refractivity contribution in [3.8, 4) is 5.69 Å². The standard InChI is InChI=1S/C20H26N4O.ClH/c1-13-10-11-21-12-16(13)22-20(25)19-15-7-5-9-18(15)24(23-19)17-8-4-3-6-14(17)2;/h3-4,6,8,13,16,21H,5,7,9-12H2,1-2H3,(H,22,25);1H. The lowest BCUT2D eigenvalue weighted by Crippen LogP contribution is -2.50. The number of fused-ring (bicyclic) bond motifs is 1. The smallest absolute Gasteiger partial charge is 0.272 e. The van der Waals surface area contributed by atoms with Gasteiger partial charge < -0.3 is 10.6 Å². The molecule has 1 amide bonds. The van der Waals surface area contributed by atoms with Crippen molar-refractivity contribution in [2.24, 2.45) is 5.92 Å². The highest BCUT2D eigenvalue weighted by atomic mass is 35.5. The van der Waals surface area contributed by atoms with Gasteiger partial charge in [-0.1, -0.05) is 25.1 Å². The molecular weight excluding hydrogens is 348 g/mol. The zero-order chi connectivity index (χ0) is 17.4. The number of rotatable bonds is 3. The van der Waals surface area contributed by atoms with Crippen LogP contribution in [-0.4, -0.2) is 34.8 Å². The minimum atomic E-state index is -0.0222. The van der Waals surface area contributed by atoms with E-state index in [0.29, 0.717) is 11.6 Å². The molecule has 2 N–H and O–H groups in total. The lowest BCUT2D eigenvalue weighted by atomic mass is 9.94. The first-order valence-corrected chi connectivity index (χ1v) is 9.33. The van der Waals surface area contributed by atoms with Crippen LogP contribution in [-0.2, 0) is 12.8 Å². The maximum atomic E-state index is 12.9. The molecule has 1 aliphatic heterocycles. The van der Waals surface area contributed by atoms with Gasteiger partial charge in [-0.3, -0.25) is 4.79 Å². The summed E-state index contributed by atoms with van der Waals surface area (Å²) >= 11 is 0. The molecule has 2 heterocycles. The average Bonchev–Trinajstić information content (AvgIpc) is 3.20. The van der Waals surface area contributed by atoms with Crippen LogP contribution in [0.5, 0.6) is 0 Å². The van der Waals surface area contributed by atoms with E-state index in [1.165, 1.54) is 11.3 Å². The molecular formula is C20H27ClN4O. The molecule has 1 aromatic heterocycles. The number of benzene rings is 1. The van der Waals surface area contributed by atoms with Crippen LogP contribution in [0, 0.1) is 12.8 Å². The molecule has 1 saturated heterocycles. The van der Waals surface area contributed by atoms with Crippen molar-refractivity contribution in [3.63, 3.8) is 0 Å². The van der Waals surface area contributed by atoms with Gasteiger partial charge in [0.15, 0.2) is 5.69 Å². The Bertz CT molecular complexity index is 801. The minimum absolute atomic E-state index is 0. The molecule has 6 heteroatoms. The Morgan fingerprint density at radius 3 is 2.88 bits per heavy atom. The Kier molecular flexibility index (Phi) is 5.68. The molecule has 2 unspecified atom stereocenters. The highest BCUT2D eigenvalue weighted by Gasteiger charge is 2.30. The molecule has 5 nitrogen and oxygen atoms in total. The summed E-state index contributed by atoms with van der Waals surface area (Å²) in [6.07, 6.45) is 4.13. The van der Waals surface area contributed by atoms with Gasteiger partial charge in [-0.15, -0.1) is 12.4 Å². The Morgan fingerprint density at radius 1 is 1.31 bits per heavy atom. The minimum Gasteiger partial charge on any atom is -0.346 e. The molecule has 1 aliphatic carbocycles. The molecule has 26 heavy (non-hydrogen) atoms. The summed E-state index contributed by atoms with van der Waals surface area (Å²) in [7, 11) is 0. The lowest BCUT2D eigenvalue weighted by molar-refractivity contribution is 0.0908. The SMILES string of the molecule is Cc1ccccc1-n1nc(C(=O)NC2CNCCC2C)c2c1CCC2.Cl. The lowest BCUT2D eigenvalue weighted by Gasteiger charge is -2.30. The number of nitrogens with one attached hydrogen (secondary N) is 2. The van der Waals surface area contributed by atoms with Crippen molar-refractivity contribution >= 4 is 18.3 Å². The van der Waals surface area contributed by atoms with E-state index in [4.69, 9.17) is 5.10 Å². The molecule has 0 saturated carbocycles. The number of halogens is 1. The summed E-state index contributed by atoms with van der Waals surface area (Å²) in [5.41, 5.74) is 5.21. The van der Waals surface area contributed by atoms with Gasteiger partial charge >= 0.3 is 0 Å². The number of carbonyl (C=O) groups is 1. The highest BCUT2D eigenvalue weighted by Crippen LogP contribution is 2.29. The van der Waals surface area contributed by atoms with Crippen molar-refractivity contribution in [2.75, 3.05) is 13.1 Å². The third-order valence-corrected chi connectivity index (χ3v) is 5.63. The third-order valence-electron chi connectivity index (χ3n) is 5.63. The first kappa shape index (κ1) is 18.9. The van der Waals surface area contributed by atoms with Gasteiger partial charge in [-0.05, 0) is 56.7 Å². The fourth-order valence-electron chi connectivity index (χ4n) is 4.04. The number of carbonyl (C=O) groups excluding carboxylic acids is 1. The monoisotopic (exact) mass is 374 g/mol. The van der Waals surface area contributed by atoms with Gasteiger partial charge in [0.25, 0.3) is 5.91 Å². The van der Waals surface area contributed by atoms with Gasteiger partial charge in [0, 0.05) is 23.8 Å². The Morgan fingerprint density at radius 2 is 2.12 bits per heavy atom. The normalized spacial score (nSPS) is 21.8.